The molecule has 1 aromatic heterocycles. The largest absolute Gasteiger partial charge is 0.398 e. The van der Waals surface area contributed by atoms with Crippen LogP contribution in [0.3, 0.4) is 0 Å². The van der Waals surface area contributed by atoms with Crippen molar-refractivity contribution in [2.45, 2.75) is 0 Å². The monoisotopic (exact) mass is 389 g/mol. The summed E-state index contributed by atoms with van der Waals surface area (Å²) in [6, 6.07) is 7.91. The summed E-state index contributed by atoms with van der Waals surface area (Å²) < 4.78 is 0.929. The number of halogens is 1. The van der Waals surface area contributed by atoms with Gasteiger partial charge in [-0.1, -0.05) is 0 Å². The second-order valence-corrected chi connectivity index (χ2v) is 5.89. The number of nitro groups is 1. The predicted molar refractivity (Wildman–Crippen MR) is 82.5 cm³/mol. The van der Waals surface area contributed by atoms with Crippen LogP contribution in [0.15, 0.2) is 30.3 Å². The Balaban J connectivity index is 2.18. The number of amides is 1. The molecule has 0 spiro atoms. The number of nitrogens with one attached hydrogen (secondary N) is 1. The van der Waals surface area contributed by atoms with Crippen molar-refractivity contribution in [3.63, 3.8) is 0 Å². The zero-order valence-electron chi connectivity index (χ0n) is 9.42. The molecule has 0 aliphatic heterocycles. The van der Waals surface area contributed by atoms with E-state index >= 15 is 0 Å². The van der Waals surface area contributed by atoms with Gasteiger partial charge in [0.1, 0.15) is 5.00 Å². The van der Waals surface area contributed by atoms with Gasteiger partial charge in [0.2, 0.25) is 0 Å². The van der Waals surface area contributed by atoms with Crippen LogP contribution in [0.4, 0.5) is 15.7 Å². The van der Waals surface area contributed by atoms with Gasteiger partial charge in [-0.25, -0.2) is 0 Å². The summed E-state index contributed by atoms with van der Waals surface area (Å²) >= 11 is 2.99. The van der Waals surface area contributed by atoms with E-state index in [9.17, 15) is 14.9 Å². The van der Waals surface area contributed by atoms with Gasteiger partial charge in [-0.2, -0.15) is 0 Å². The number of rotatable bonds is 3. The SMILES string of the molecule is Nc1cc(I)ccc1C(=O)Nc1ccc([N+](=O)[O-])s1. The van der Waals surface area contributed by atoms with Gasteiger partial charge in [-0.15, -0.1) is 0 Å². The van der Waals surface area contributed by atoms with Crippen molar-refractivity contribution in [3.05, 3.63) is 49.6 Å². The molecule has 2 rings (SSSR count). The fourth-order valence-electron chi connectivity index (χ4n) is 1.41. The number of benzene rings is 1. The summed E-state index contributed by atoms with van der Waals surface area (Å²) in [6.07, 6.45) is 0. The molecular formula is C11H8IN3O3S. The minimum Gasteiger partial charge on any atom is -0.398 e. The Bertz CT molecular complexity index is 656. The second-order valence-electron chi connectivity index (χ2n) is 3.58. The lowest BCUT2D eigenvalue weighted by molar-refractivity contribution is -0.380. The molecule has 0 unspecified atom stereocenters. The molecule has 3 N–H and O–H groups in total. The quantitative estimate of drug-likeness (QED) is 0.365. The molecule has 0 saturated carbocycles. The fraction of sp³-hybridized carbons (Fsp3) is 0. The van der Waals surface area contributed by atoms with E-state index in [-0.39, 0.29) is 10.9 Å². The maximum Gasteiger partial charge on any atom is 0.326 e. The van der Waals surface area contributed by atoms with Gasteiger partial charge in [0.05, 0.1) is 10.5 Å². The van der Waals surface area contributed by atoms with Gasteiger partial charge < -0.3 is 11.1 Å². The normalized spacial score (nSPS) is 10.2. The van der Waals surface area contributed by atoms with Crippen molar-refractivity contribution in [2.24, 2.45) is 0 Å². The highest BCUT2D eigenvalue weighted by Gasteiger charge is 2.14. The molecule has 0 aliphatic carbocycles. The zero-order chi connectivity index (χ0) is 14.0. The van der Waals surface area contributed by atoms with E-state index in [1.54, 1.807) is 18.2 Å². The van der Waals surface area contributed by atoms with Gasteiger partial charge in [-0.05, 0) is 58.2 Å². The van der Waals surface area contributed by atoms with Gasteiger partial charge in [0.15, 0.2) is 0 Å². The Kier molecular flexibility index (Phi) is 4.00. The molecule has 1 heterocycles. The highest BCUT2D eigenvalue weighted by Crippen LogP contribution is 2.29. The van der Waals surface area contributed by atoms with Crippen LogP contribution in [0.2, 0.25) is 0 Å². The van der Waals surface area contributed by atoms with E-state index in [1.165, 1.54) is 12.1 Å². The molecule has 1 amide bonds. The second kappa shape index (κ2) is 5.53. The lowest BCUT2D eigenvalue weighted by atomic mass is 10.2. The van der Waals surface area contributed by atoms with Crippen LogP contribution >= 0.6 is 33.9 Å². The lowest BCUT2D eigenvalue weighted by Gasteiger charge is -2.05. The van der Waals surface area contributed by atoms with E-state index < -0.39 is 4.92 Å². The third kappa shape index (κ3) is 3.20. The number of anilines is 2. The summed E-state index contributed by atoms with van der Waals surface area (Å²) in [6.45, 7) is 0. The maximum absolute atomic E-state index is 12.0. The molecule has 0 aliphatic rings. The van der Waals surface area contributed by atoms with Crippen LogP contribution in [0.25, 0.3) is 0 Å². The number of hydrogen-bond acceptors (Lipinski definition) is 5. The summed E-state index contributed by atoms with van der Waals surface area (Å²) in [5.74, 6) is -0.384. The number of hydrogen-bond donors (Lipinski definition) is 2. The average Bonchev–Trinajstić information content (AvgIpc) is 2.77. The van der Waals surface area contributed by atoms with Crippen molar-refractivity contribution in [2.75, 3.05) is 11.1 Å². The van der Waals surface area contributed by atoms with Gasteiger partial charge in [0, 0.05) is 15.3 Å². The van der Waals surface area contributed by atoms with Crippen LogP contribution in [0.5, 0.6) is 0 Å². The van der Waals surface area contributed by atoms with E-state index in [2.05, 4.69) is 27.9 Å². The van der Waals surface area contributed by atoms with Crippen LogP contribution in [-0.2, 0) is 0 Å². The number of carbonyl (C=O) groups is 1. The molecule has 0 radical (unpaired) electrons. The first-order chi connectivity index (χ1) is 8.97. The molecule has 6 nitrogen and oxygen atoms in total. The van der Waals surface area contributed by atoms with E-state index in [4.69, 9.17) is 5.73 Å². The van der Waals surface area contributed by atoms with Crippen molar-refractivity contribution >= 4 is 55.5 Å². The molecular weight excluding hydrogens is 381 g/mol. The third-order valence-corrected chi connectivity index (χ3v) is 3.89. The zero-order valence-corrected chi connectivity index (χ0v) is 12.4. The summed E-state index contributed by atoms with van der Waals surface area (Å²) in [5.41, 5.74) is 6.47. The average molecular weight is 389 g/mol. The van der Waals surface area contributed by atoms with Gasteiger partial charge in [-0.3, -0.25) is 14.9 Å². The van der Waals surface area contributed by atoms with Crippen LogP contribution in [-0.4, -0.2) is 10.8 Å². The summed E-state index contributed by atoms with van der Waals surface area (Å²) in [7, 11) is 0. The van der Waals surface area contributed by atoms with Gasteiger partial charge >= 0.3 is 5.00 Å². The molecule has 2 aromatic rings. The number of nitrogens with zero attached hydrogens (tertiary/aromatic N) is 1. The topological polar surface area (TPSA) is 98.3 Å². The smallest absolute Gasteiger partial charge is 0.326 e. The Labute approximate surface area is 125 Å². The molecule has 1 aromatic carbocycles. The summed E-state index contributed by atoms with van der Waals surface area (Å²) in [4.78, 5) is 22.0. The Morgan fingerprint density at radius 1 is 1.37 bits per heavy atom. The molecule has 0 saturated heterocycles. The molecule has 0 fully saturated rings. The minimum absolute atomic E-state index is 0.0223. The number of carbonyl (C=O) groups excluding carboxylic acids is 1. The maximum atomic E-state index is 12.0. The first-order valence-corrected chi connectivity index (χ1v) is 6.97. The molecule has 0 bridgehead atoms. The number of nitrogen functional groups attached to an aromatic ring is 1. The van der Waals surface area contributed by atoms with Crippen molar-refractivity contribution in [3.8, 4) is 0 Å². The van der Waals surface area contributed by atoms with E-state index in [1.807, 2.05) is 0 Å². The highest BCUT2D eigenvalue weighted by atomic mass is 127. The Morgan fingerprint density at radius 2 is 2.11 bits per heavy atom. The molecule has 0 atom stereocenters. The van der Waals surface area contributed by atoms with Crippen LogP contribution in [0.1, 0.15) is 10.4 Å². The fourth-order valence-corrected chi connectivity index (χ4v) is 2.64. The molecule has 98 valence electrons. The number of nitrogens with two attached hydrogens (primary N) is 1. The van der Waals surface area contributed by atoms with Gasteiger partial charge in [0.25, 0.3) is 5.91 Å². The van der Waals surface area contributed by atoms with Crippen LogP contribution in [0, 0.1) is 13.7 Å². The number of thiophene rings is 1. The minimum atomic E-state index is -0.500. The van der Waals surface area contributed by atoms with E-state index in [0.717, 1.165) is 14.9 Å². The molecule has 8 heteroatoms. The third-order valence-electron chi connectivity index (χ3n) is 2.27. The molecule has 19 heavy (non-hydrogen) atoms. The highest BCUT2D eigenvalue weighted by molar-refractivity contribution is 14.1. The van der Waals surface area contributed by atoms with E-state index in [0.29, 0.717) is 16.3 Å². The first-order valence-electron chi connectivity index (χ1n) is 5.08. The lowest BCUT2D eigenvalue weighted by Crippen LogP contribution is -2.13. The predicted octanol–water partition coefficient (Wildman–Crippen LogP) is 3.10. The first kappa shape index (κ1) is 13.7. The Hall–Kier alpha value is -1.68. The van der Waals surface area contributed by atoms with Crippen molar-refractivity contribution in [1.82, 2.24) is 0 Å². The van der Waals surface area contributed by atoms with Crippen LogP contribution < -0.4 is 11.1 Å². The standard InChI is InChI=1S/C11H8IN3O3S/c12-6-1-2-7(8(13)5-6)11(16)14-9-3-4-10(19-9)15(17)18/h1-5H,13H2,(H,14,16). The summed E-state index contributed by atoms with van der Waals surface area (Å²) in [5, 5.41) is 13.5. The van der Waals surface area contributed by atoms with Crippen molar-refractivity contribution in [1.29, 1.82) is 0 Å². The Morgan fingerprint density at radius 3 is 2.68 bits per heavy atom. The van der Waals surface area contributed by atoms with Crippen molar-refractivity contribution < 1.29 is 9.72 Å².